The number of benzene rings is 1. The van der Waals surface area contributed by atoms with Crippen molar-refractivity contribution in [2.75, 3.05) is 19.7 Å². The quantitative estimate of drug-likeness (QED) is 0.876. The topological polar surface area (TPSA) is 21.3 Å². The molecule has 1 aromatic rings. The third-order valence-corrected chi connectivity index (χ3v) is 3.33. The van der Waals surface area contributed by atoms with Crippen LogP contribution in [0, 0.1) is 12.8 Å². The number of rotatable bonds is 3. The molecule has 88 valence electrons. The second kappa shape index (κ2) is 5.55. The van der Waals surface area contributed by atoms with Crippen LogP contribution in [0.1, 0.15) is 18.4 Å². The van der Waals surface area contributed by atoms with E-state index in [4.69, 9.17) is 16.3 Å². The first-order valence-electron chi connectivity index (χ1n) is 5.85. The van der Waals surface area contributed by atoms with Gasteiger partial charge in [-0.05, 0) is 56.5 Å². The van der Waals surface area contributed by atoms with Crippen LogP contribution in [0.5, 0.6) is 5.75 Å². The van der Waals surface area contributed by atoms with Crippen LogP contribution in [-0.2, 0) is 0 Å². The van der Waals surface area contributed by atoms with Gasteiger partial charge in [-0.1, -0.05) is 17.7 Å². The molecule has 1 saturated heterocycles. The Morgan fingerprint density at radius 3 is 2.88 bits per heavy atom. The van der Waals surface area contributed by atoms with Crippen LogP contribution >= 0.6 is 11.6 Å². The summed E-state index contributed by atoms with van der Waals surface area (Å²) in [7, 11) is 0. The van der Waals surface area contributed by atoms with E-state index < -0.39 is 0 Å². The lowest BCUT2D eigenvalue weighted by Crippen LogP contribution is -2.30. The Kier molecular flexibility index (Phi) is 4.08. The zero-order chi connectivity index (χ0) is 11.4. The number of aryl methyl sites for hydroxylation is 1. The summed E-state index contributed by atoms with van der Waals surface area (Å²) < 4.78 is 5.80. The summed E-state index contributed by atoms with van der Waals surface area (Å²) in [5.74, 6) is 1.48. The lowest BCUT2D eigenvalue weighted by Gasteiger charge is -2.22. The fraction of sp³-hybridized carbons (Fsp3) is 0.538. The van der Waals surface area contributed by atoms with Gasteiger partial charge in [-0.25, -0.2) is 0 Å². The average molecular weight is 240 g/mol. The van der Waals surface area contributed by atoms with Crippen molar-refractivity contribution in [1.82, 2.24) is 5.32 Å². The predicted molar refractivity (Wildman–Crippen MR) is 67.3 cm³/mol. The van der Waals surface area contributed by atoms with Crippen molar-refractivity contribution in [2.24, 2.45) is 5.92 Å². The molecular weight excluding hydrogens is 222 g/mol. The lowest BCUT2D eigenvalue weighted by molar-refractivity contribution is 0.215. The Bertz CT molecular complexity index is 348. The van der Waals surface area contributed by atoms with Gasteiger partial charge in [-0.2, -0.15) is 0 Å². The molecule has 16 heavy (non-hydrogen) atoms. The van der Waals surface area contributed by atoms with Gasteiger partial charge in [0, 0.05) is 0 Å². The van der Waals surface area contributed by atoms with Crippen LogP contribution in [0.4, 0.5) is 0 Å². The summed E-state index contributed by atoms with van der Waals surface area (Å²) in [5.41, 5.74) is 1.18. The monoisotopic (exact) mass is 239 g/mol. The highest BCUT2D eigenvalue weighted by molar-refractivity contribution is 6.32. The summed E-state index contributed by atoms with van der Waals surface area (Å²) >= 11 is 6.08. The third-order valence-electron chi connectivity index (χ3n) is 3.02. The number of halogens is 1. The van der Waals surface area contributed by atoms with Gasteiger partial charge in [-0.3, -0.25) is 0 Å². The molecule has 1 aliphatic heterocycles. The Labute approximate surface area is 102 Å². The molecule has 0 aromatic heterocycles. The van der Waals surface area contributed by atoms with E-state index in [0.29, 0.717) is 10.9 Å². The van der Waals surface area contributed by atoms with E-state index in [1.165, 1.54) is 18.4 Å². The molecule has 1 fully saturated rings. The fourth-order valence-corrected chi connectivity index (χ4v) is 2.15. The first-order valence-corrected chi connectivity index (χ1v) is 6.23. The minimum Gasteiger partial charge on any atom is -0.492 e. The molecule has 0 saturated carbocycles. The average Bonchev–Trinajstić information content (AvgIpc) is 2.32. The van der Waals surface area contributed by atoms with E-state index in [2.05, 4.69) is 5.32 Å². The Hall–Kier alpha value is -0.730. The molecule has 2 nitrogen and oxygen atoms in total. The van der Waals surface area contributed by atoms with Crippen molar-refractivity contribution in [3.05, 3.63) is 28.8 Å². The van der Waals surface area contributed by atoms with Gasteiger partial charge in [0.15, 0.2) is 0 Å². The van der Waals surface area contributed by atoms with Crippen molar-refractivity contribution < 1.29 is 4.74 Å². The predicted octanol–water partition coefficient (Wildman–Crippen LogP) is 3.03. The van der Waals surface area contributed by atoms with E-state index in [1.807, 2.05) is 25.1 Å². The molecule has 0 radical (unpaired) electrons. The molecule has 1 aromatic carbocycles. The zero-order valence-electron chi connectivity index (χ0n) is 9.63. The van der Waals surface area contributed by atoms with E-state index in [-0.39, 0.29) is 0 Å². The van der Waals surface area contributed by atoms with Crippen molar-refractivity contribution >= 4 is 11.6 Å². The molecule has 0 aliphatic carbocycles. The van der Waals surface area contributed by atoms with Crippen LogP contribution in [-0.4, -0.2) is 19.7 Å². The number of hydrogen-bond acceptors (Lipinski definition) is 2. The zero-order valence-corrected chi connectivity index (χ0v) is 10.4. The van der Waals surface area contributed by atoms with Crippen LogP contribution in [0.3, 0.4) is 0 Å². The minimum absolute atomic E-state index is 0.665. The lowest BCUT2D eigenvalue weighted by atomic mass is 9.99. The van der Waals surface area contributed by atoms with Gasteiger partial charge < -0.3 is 10.1 Å². The van der Waals surface area contributed by atoms with Gasteiger partial charge in [0.2, 0.25) is 0 Å². The van der Waals surface area contributed by atoms with Crippen LogP contribution < -0.4 is 10.1 Å². The maximum atomic E-state index is 6.08. The number of piperidine rings is 1. The summed E-state index contributed by atoms with van der Waals surface area (Å²) in [5, 5.41) is 4.06. The van der Waals surface area contributed by atoms with Crippen LogP contribution in [0.2, 0.25) is 5.02 Å². The second-order valence-electron chi connectivity index (χ2n) is 4.44. The molecular formula is C13H18ClNO. The maximum absolute atomic E-state index is 6.08. The molecule has 1 N–H and O–H groups in total. The molecule has 0 unspecified atom stereocenters. The Balaban J connectivity index is 1.90. The number of nitrogens with one attached hydrogen (secondary N) is 1. The highest BCUT2D eigenvalue weighted by Crippen LogP contribution is 2.26. The molecule has 0 spiro atoms. The van der Waals surface area contributed by atoms with Gasteiger partial charge in [0.1, 0.15) is 5.75 Å². The normalized spacial score (nSPS) is 17.4. The minimum atomic E-state index is 0.665. The standard InChI is InChI=1S/C13H18ClNO/c1-10-2-3-12(14)13(8-10)16-9-11-4-6-15-7-5-11/h2-3,8,11,15H,4-7,9H2,1H3. The van der Waals surface area contributed by atoms with Crippen molar-refractivity contribution in [3.8, 4) is 5.75 Å². The van der Waals surface area contributed by atoms with Gasteiger partial charge in [0.25, 0.3) is 0 Å². The summed E-state index contributed by atoms with van der Waals surface area (Å²) in [6.45, 7) is 5.05. The van der Waals surface area contributed by atoms with Gasteiger partial charge in [-0.15, -0.1) is 0 Å². The summed E-state index contributed by atoms with van der Waals surface area (Å²) in [4.78, 5) is 0. The Morgan fingerprint density at radius 2 is 2.12 bits per heavy atom. The van der Waals surface area contributed by atoms with Crippen LogP contribution in [0.25, 0.3) is 0 Å². The maximum Gasteiger partial charge on any atom is 0.138 e. The fourth-order valence-electron chi connectivity index (χ4n) is 1.98. The molecule has 0 amide bonds. The van der Waals surface area contributed by atoms with E-state index in [9.17, 15) is 0 Å². The number of ether oxygens (including phenoxy) is 1. The van der Waals surface area contributed by atoms with Gasteiger partial charge in [0.05, 0.1) is 11.6 Å². The molecule has 1 aliphatic rings. The summed E-state index contributed by atoms with van der Waals surface area (Å²) in [6.07, 6.45) is 2.40. The van der Waals surface area contributed by atoms with Crippen molar-refractivity contribution in [3.63, 3.8) is 0 Å². The number of hydrogen-bond donors (Lipinski definition) is 1. The Morgan fingerprint density at radius 1 is 1.38 bits per heavy atom. The second-order valence-corrected chi connectivity index (χ2v) is 4.85. The molecule has 2 rings (SSSR count). The first-order chi connectivity index (χ1) is 7.75. The van der Waals surface area contributed by atoms with Gasteiger partial charge >= 0.3 is 0 Å². The highest BCUT2D eigenvalue weighted by atomic mass is 35.5. The largest absolute Gasteiger partial charge is 0.492 e. The highest BCUT2D eigenvalue weighted by Gasteiger charge is 2.14. The molecule has 1 heterocycles. The van der Waals surface area contributed by atoms with E-state index >= 15 is 0 Å². The summed E-state index contributed by atoms with van der Waals surface area (Å²) in [6, 6.07) is 5.90. The SMILES string of the molecule is Cc1ccc(Cl)c(OCC2CCNCC2)c1. The van der Waals surface area contributed by atoms with E-state index in [0.717, 1.165) is 25.4 Å². The van der Waals surface area contributed by atoms with Crippen molar-refractivity contribution in [1.29, 1.82) is 0 Å². The van der Waals surface area contributed by atoms with Crippen molar-refractivity contribution in [2.45, 2.75) is 19.8 Å². The molecule has 3 heteroatoms. The smallest absolute Gasteiger partial charge is 0.138 e. The third kappa shape index (κ3) is 3.13. The van der Waals surface area contributed by atoms with Crippen LogP contribution in [0.15, 0.2) is 18.2 Å². The molecule has 0 atom stereocenters. The van der Waals surface area contributed by atoms with E-state index in [1.54, 1.807) is 0 Å². The first kappa shape index (κ1) is 11.7. The molecule has 0 bridgehead atoms.